The maximum Gasteiger partial charge on any atom is 0.103 e. The Balaban J connectivity index is 0.000000980. The van der Waals surface area contributed by atoms with Gasteiger partial charge in [0.15, 0.2) is 0 Å². The molecular weight excluding hydrogens is 373 g/mol. The minimum Gasteiger partial charge on any atom is -0.396 e. The molecule has 26 heavy (non-hydrogen) atoms. The van der Waals surface area contributed by atoms with E-state index in [1.807, 2.05) is 6.07 Å². The fourth-order valence-electron chi connectivity index (χ4n) is 5.03. The zero-order valence-corrected chi connectivity index (χ0v) is 16.4. The third-order valence-corrected chi connectivity index (χ3v) is 6.08. The van der Waals surface area contributed by atoms with Crippen molar-refractivity contribution in [2.75, 3.05) is 37.7 Å². The number of halogens is 2. The van der Waals surface area contributed by atoms with E-state index in [0.717, 1.165) is 37.4 Å². The fraction of sp³-hybridized carbons (Fsp3) is 0.526. The van der Waals surface area contributed by atoms with Gasteiger partial charge in [-0.25, -0.2) is 0 Å². The van der Waals surface area contributed by atoms with Gasteiger partial charge >= 0.3 is 0 Å². The Morgan fingerprint density at radius 3 is 2.96 bits per heavy atom. The van der Waals surface area contributed by atoms with Crippen LogP contribution in [0, 0.1) is 18.8 Å². The van der Waals surface area contributed by atoms with Crippen molar-refractivity contribution in [2.24, 2.45) is 11.8 Å². The number of fused-ring (bicyclic) bond motifs is 2. The average molecular weight is 398 g/mol. The van der Waals surface area contributed by atoms with Crippen LogP contribution in [0.25, 0.3) is 10.9 Å². The van der Waals surface area contributed by atoms with E-state index in [1.165, 1.54) is 11.1 Å². The van der Waals surface area contributed by atoms with Crippen molar-refractivity contribution in [3.63, 3.8) is 0 Å². The molecule has 0 saturated carbocycles. The summed E-state index contributed by atoms with van der Waals surface area (Å²) in [7, 11) is 0. The van der Waals surface area contributed by atoms with Gasteiger partial charge < -0.3 is 20.1 Å². The van der Waals surface area contributed by atoms with Crippen molar-refractivity contribution >= 4 is 41.4 Å². The molecule has 2 N–H and O–H groups in total. The molecule has 3 saturated heterocycles. The highest BCUT2D eigenvalue weighted by Crippen LogP contribution is 2.48. The Hall–Kier alpha value is -1.11. The molecule has 2 bridgehead atoms. The summed E-state index contributed by atoms with van der Waals surface area (Å²) in [4.78, 5) is 7.10. The molecule has 0 amide bonds. The zero-order chi connectivity index (χ0) is 16.3. The SMILES string of the molecule is Cc1cc(N2C[C@@H]3[C@H](CO)[C@H]4CNC[C@]3(C2)O4)c2ccccc2n1.Cl.Cl. The number of hydrogen-bond donors (Lipinski definition) is 2. The minimum absolute atomic E-state index is 0. The van der Waals surface area contributed by atoms with Crippen LogP contribution in [0.3, 0.4) is 0 Å². The van der Waals surface area contributed by atoms with E-state index < -0.39 is 0 Å². The van der Waals surface area contributed by atoms with Crippen LogP contribution >= 0.6 is 24.8 Å². The molecule has 3 aliphatic rings. The molecule has 5 nitrogen and oxygen atoms in total. The number of aromatic nitrogens is 1. The van der Waals surface area contributed by atoms with Crippen molar-refractivity contribution in [1.82, 2.24) is 10.3 Å². The average Bonchev–Trinajstić information content (AvgIpc) is 3.02. The number of anilines is 1. The molecule has 0 unspecified atom stereocenters. The van der Waals surface area contributed by atoms with Gasteiger partial charge in [0.05, 0.1) is 11.6 Å². The Morgan fingerprint density at radius 1 is 1.35 bits per heavy atom. The predicted molar refractivity (Wildman–Crippen MR) is 108 cm³/mol. The van der Waals surface area contributed by atoms with Crippen LogP contribution in [0.4, 0.5) is 5.69 Å². The highest BCUT2D eigenvalue weighted by molar-refractivity contribution is 5.92. The van der Waals surface area contributed by atoms with Crippen LogP contribution in [-0.4, -0.2) is 54.6 Å². The van der Waals surface area contributed by atoms with Crippen molar-refractivity contribution in [3.8, 4) is 0 Å². The normalized spacial score (nSPS) is 32.1. The van der Waals surface area contributed by atoms with Crippen molar-refractivity contribution in [1.29, 1.82) is 0 Å². The molecule has 4 heterocycles. The number of nitrogens with one attached hydrogen (secondary N) is 1. The fourth-order valence-corrected chi connectivity index (χ4v) is 5.03. The smallest absolute Gasteiger partial charge is 0.103 e. The summed E-state index contributed by atoms with van der Waals surface area (Å²) in [6.07, 6.45) is 0.159. The Kier molecular flexibility index (Phi) is 5.39. The lowest BCUT2D eigenvalue weighted by Crippen LogP contribution is -2.52. The predicted octanol–water partition coefficient (Wildman–Crippen LogP) is 2.17. The van der Waals surface area contributed by atoms with Gasteiger partial charge in [-0.15, -0.1) is 24.8 Å². The standard InChI is InChI=1S/C19H23N3O2.2ClH/c1-12-6-17(13-4-2-3-5-16(13)21-12)22-8-15-14(9-23)18-7-20-10-19(15,11-22)24-18;;/h2-6,14-15,18,20,23H,7-11H2,1H3;2*1H/t14-,15+,18+,19+;;/m0../s1. The van der Waals surface area contributed by atoms with Gasteiger partial charge in [0.2, 0.25) is 0 Å². The first-order chi connectivity index (χ1) is 11.7. The van der Waals surface area contributed by atoms with Gasteiger partial charge in [0.25, 0.3) is 0 Å². The number of nitrogens with zero attached hydrogens (tertiary/aromatic N) is 2. The Labute approximate surface area is 165 Å². The van der Waals surface area contributed by atoms with Crippen LogP contribution < -0.4 is 10.2 Å². The second-order valence-corrected chi connectivity index (χ2v) is 7.49. The third-order valence-electron chi connectivity index (χ3n) is 6.08. The van der Waals surface area contributed by atoms with E-state index in [-0.39, 0.29) is 49.0 Å². The molecule has 1 aromatic heterocycles. The summed E-state index contributed by atoms with van der Waals surface area (Å²) in [5.41, 5.74) is 3.16. The molecule has 2 aromatic rings. The van der Waals surface area contributed by atoms with Crippen molar-refractivity contribution in [2.45, 2.75) is 18.6 Å². The summed E-state index contributed by atoms with van der Waals surface area (Å²) in [6, 6.07) is 10.5. The van der Waals surface area contributed by atoms with E-state index in [2.05, 4.69) is 46.4 Å². The molecule has 1 aromatic carbocycles. The maximum atomic E-state index is 9.89. The second-order valence-electron chi connectivity index (χ2n) is 7.49. The lowest BCUT2D eigenvalue weighted by Gasteiger charge is -2.34. The van der Waals surface area contributed by atoms with Gasteiger partial charge in [-0.3, -0.25) is 4.98 Å². The van der Waals surface area contributed by atoms with Gasteiger partial charge in [0.1, 0.15) is 5.60 Å². The summed E-state index contributed by atoms with van der Waals surface area (Å²) in [6.45, 7) is 5.82. The van der Waals surface area contributed by atoms with Crippen molar-refractivity contribution in [3.05, 3.63) is 36.0 Å². The number of aliphatic hydroxyl groups is 1. The lowest BCUT2D eigenvalue weighted by molar-refractivity contribution is -0.0653. The number of rotatable bonds is 2. The van der Waals surface area contributed by atoms with Crippen LogP contribution in [-0.2, 0) is 4.74 Å². The number of para-hydroxylation sites is 1. The summed E-state index contributed by atoms with van der Waals surface area (Å²) in [5.74, 6) is 0.619. The van der Waals surface area contributed by atoms with Gasteiger partial charge in [-0.05, 0) is 19.1 Å². The first-order valence-electron chi connectivity index (χ1n) is 8.81. The molecule has 7 heteroatoms. The molecule has 0 radical (unpaired) electrons. The third kappa shape index (κ3) is 2.77. The van der Waals surface area contributed by atoms with E-state index in [1.54, 1.807) is 0 Å². The summed E-state index contributed by atoms with van der Waals surface area (Å²) in [5, 5.41) is 14.6. The molecule has 0 aliphatic carbocycles. The number of morpholine rings is 1. The summed E-state index contributed by atoms with van der Waals surface area (Å²) < 4.78 is 6.43. The van der Waals surface area contributed by atoms with Gasteiger partial charge in [-0.1, -0.05) is 18.2 Å². The minimum atomic E-state index is -0.158. The molecule has 5 rings (SSSR count). The second kappa shape index (κ2) is 7.13. The van der Waals surface area contributed by atoms with Crippen molar-refractivity contribution < 1.29 is 9.84 Å². The van der Waals surface area contributed by atoms with Crippen LogP contribution in [0.2, 0.25) is 0 Å². The number of hydrogen-bond acceptors (Lipinski definition) is 5. The zero-order valence-electron chi connectivity index (χ0n) is 14.7. The molecule has 3 fully saturated rings. The molecule has 3 aliphatic heterocycles. The van der Waals surface area contributed by atoms with Crippen LogP contribution in [0.1, 0.15) is 5.69 Å². The van der Waals surface area contributed by atoms with E-state index in [9.17, 15) is 5.11 Å². The maximum absolute atomic E-state index is 9.89. The molecule has 4 atom stereocenters. The molecule has 142 valence electrons. The lowest BCUT2D eigenvalue weighted by atomic mass is 9.83. The highest BCUT2D eigenvalue weighted by Gasteiger charge is 2.60. The van der Waals surface area contributed by atoms with E-state index in [4.69, 9.17) is 4.74 Å². The molecular formula is C19H25Cl2N3O2. The first-order valence-corrected chi connectivity index (χ1v) is 8.81. The monoisotopic (exact) mass is 397 g/mol. The topological polar surface area (TPSA) is 57.6 Å². The first kappa shape index (κ1) is 19.6. The Morgan fingerprint density at radius 2 is 2.15 bits per heavy atom. The number of aryl methyl sites for hydroxylation is 1. The van der Waals surface area contributed by atoms with Gasteiger partial charge in [-0.2, -0.15) is 0 Å². The number of pyridine rings is 1. The highest BCUT2D eigenvalue weighted by atomic mass is 35.5. The number of ether oxygens (including phenoxy) is 1. The largest absolute Gasteiger partial charge is 0.396 e. The Bertz CT molecular complexity index is 805. The van der Waals surface area contributed by atoms with Crippen LogP contribution in [0.15, 0.2) is 30.3 Å². The number of benzene rings is 1. The number of aliphatic hydroxyl groups excluding tert-OH is 1. The van der Waals surface area contributed by atoms with E-state index >= 15 is 0 Å². The van der Waals surface area contributed by atoms with Crippen LogP contribution in [0.5, 0.6) is 0 Å². The van der Waals surface area contributed by atoms with Gasteiger partial charge in [0, 0.05) is 61.4 Å². The quantitative estimate of drug-likeness (QED) is 0.812. The molecule has 1 spiro atoms. The summed E-state index contributed by atoms with van der Waals surface area (Å²) >= 11 is 0. The van der Waals surface area contributed by atoms with E-state index in [0.29, 0.717) is 5.92 Å².